The van der Waals surface area contributed by atoms with E-state index in [1.807, 2.05) is 53.4 Å². The van der Waals surface area contributed by atoms with Crippen molar-refractivity contribution >= 4 is 5.91 Å². The molecule has 1 amide bonds. The van der Waals surface area contributed by atoms with Gasteiger partial charge in [0.05, 0.1) is 12.5 Å². The second-order valence-corrected chi connectivity index (χ2v) is 7.40. The van der Waals surface area contributed by atoms with Gasteiger partial charge in [-0.1, -0.05) is 60.7 Å². The summed E-state index contributed by atoms with van der Waals surface area (Å²) >= 11 is 0. The molecule has 0 aliphatic carbocycles. The topological polar surface area (TPSA) is 38.8 Å². The van der Waals surface area contributed by atoms with E-state index < -0.39 is 0 Å². The van der Waals surface area contributed by atoms with Gasteiger partial charge in [0.2, 0.25) is 12.7 Å². The highest BCUT2D eigenvalue weighted by Crippen LogP contribution is 2.33. The van der Waals surface area contributed by atoms with Gasteiger partial charge in [0.1, 0.15) is 0 Å². The van der Waals surface area contributed by atoms with Gasteiger partial charge in [-0.25, -0.2) is 0 Å². The molecule has 1 aliphatic rings. The van der Waals surface area contributed by atoms with Crippen LogP contribution in [0.2, 0.25) is 0 Å². The number of carbonyl (C=O) groups excluding carboxylic acids is 1. The Balaban J connectivity index is 1.60. The van der Waals surface area contributed by atoms with Crippen LogP contribution >= 0.6 is 0 Å². The first-order chi connectivity index (χ1) is 14.1. The number of rotatable bonds is 6. The lowest BCUT2D eigenvalue weighted by Crippen LogP contribution is -2.34. The lowest BCUT2D eigenvalue weighted by molar-refractivity contribution is -0.133. The molecule has 0 saturated carbocycles. The number of hydrogen-bond acceptors (Lipinski definition) is 3. The zero-order valence-corrected chi connectivity index (χ0v) is 16.8. The quantitative estimate of drug-likeness (QED) is 0.594. The summed E-state index contributed by atoms with van der Waals surface area (Å²) in [6.45, 7) is 4.98. The number of ether oxygens (including phenoxy) is 2. The van der Waals surface area contributed by atoms with Crippen molar-refractivity contribution in [1.29, 1.82) is 0 Å². The standard InChI is InChI=1S/C25H25NO3/c1-18-8-6-7-11-22(18)16-26(19(2)21-9-4-3-5-10-21)25(27)15-20-12-13-23-24(14-20)29-17-28-23/h3-14,19H,15-17H2,1-2H3/t19-/m0/s1. The molecule has 0 fully saturated rings. The van der Waals surface area contributed by atoms with Crippen LogP contribution in [0.4, 0.5) is 0 Å². The summed E-state index contributed by atoms with van der Waals surface area (Å²) < 4.78 is 10.8. The SMILES string of the molecule is Cc1ccccc1CN(C(=O)Cc1ccc2c(c1)OCO2)[C@@H](C)c1ccccc1. The number of benzene rings is 3. The van der Waals surface area contributed by atoms with Gasteiger partial charge >= 0.3 is 0 Å². The van der Waals surface area contributed by atoms with Gasteiger partial charge in [0.15, 0.2) is 11.5 Å². The van der Waals surface area contributed by atoms with Crippen LogP contribution in [0, 0.1) is 6.92 Å². The largest absolute Gasteiger partial charge is 0.454 e. The molecule has 0 saturated heterocycles. The molecule has 0 spiro atoms. The molecule has 0 unspecified atom stereocenters. The van der Waals surface area contributed by atoms with Crippen LogP contribution in [0.5, 0.6) is 11.5 Å². The molecule has 1 aliphatic heterocycles. The molecule has 1 atom stereocenters. The molecule has 0 aromatic heterocycles. The summed E-state index contributed by atoms with van der Waals surface area (Å²) in [6.07, 6.45) is 0.319. The molecular weight excluding hydrogens is 362 g/mol. The number of amides is 1. The minimum Gasteiger partial charge on any atom is -0.454 e. The molecule has 1 heterocycles. The van der Waals surface area contributed by atoms with Crippen molar-refractivity contribution in [2.75, 3.05) is 6.79 Å². The summed E-state index contributed by atoms with van der Waals surface area (Å²) in [7, 11) is 0. The first kappa shape index (κ1) is 19.1. The van der Waals surface area contributed by atoms with Gasteiger partial charge < -0.3 is 14.4 Å². The first-order valence-electron chi connectivity index (χ1n) is 9.89. The van der Waals surface area contributed by atoms with Gasteiger partial charge in [-0.2, -0.15) is 0 Å². The fourth-order valence-corrected chi connectivity index (χ4v) is 3.65. The summed E-state index contributed by atoms with van der Waals surface area (Å²) in [4.78, 5) is 15.4. The highest BCUT2D eigenvalue weighted by atomic mass is 16.7. The Labute approximate surface area is 171 Å². The summed E-state index contributed by atoms with van der Waals surface area (Å²) in [6, 6.07) is 24.1. The second kappa shape index (κ2) is 8.39. The molecular formula is C25H25NO3. The van der Waals surface area contributed by atoms with Crippen molar-refractivity contribution in [3.8, 4) is 11.5 Å². The molecule has 4 nitrogen and oxygen atoms in total. The van der Waals surface area contributed by atoms with E-state index in [9.17, 15) is 4.79 Å². The molecule has 0 bridgehead atoms. The number of carbonyl (C=O) groups is 1. The van der Waals surface area contributed by atoms with Crippen LogP contribution in [-0.4, -0.2) is 17.6 Å². The molecule has 0 N–H and O–H groups in total. The number of aryl methyl sites for hydroxylation is 1. The third-order valence-corrected chi connectivity index (χ3v) is 5.46. The van der Waals surface area contributed by atoms with Crippen molar-refractivity contribution in [2.45, 2.75) is 32.9 Å². The summed E-state index contributed by atoms with van der Waals surface area (Å²) in [5, 5.41) is 0. The summed E-state index contributed by atoms with van der Waals surface area (Å²) in [5.41, 5.74) is 4.40. The molecule has 4 rings (SSSR count). The minimum absolute atomic E-state index is 0.0303. The second-order valence-electron chi connectivity index (χ2n) is 7.40. The average Bonchev–Trinajstić information content (AvgIpc) is 3.21. The van der Waals surface area contributed by atoms with Gasteiger partial charge in [0.25, 0.3) is 0 Å². The van der Waals surface area contributed by atoms with Crippen LogP contribution in [0.25, 0.3) is 0 Å². The van der Waals surface area contributed by atoms with E-state index in [1.165, 1.54) is 5.56 Å². The van der Waals surface area contributed by atoms with Crippen LogP contribution < -0.4 is 9.47 Å². The maximum Gasteiger partial charge on any atom is 0.231 e. The fraction of sp³-hybridized carbons (Fsp3) is 0.240. The van der Waals surface area contributed by atoms with Crippen LogP contribution in [0.15, 0.2) is 72.8 Å². The van der Waals surface area contributed by atoms with Gasteiger partial charge in [-0.05, 0) is 48.2 Å². The molecule has 0 radical (unpaired) electrons. The maximum atomic E-state index is 13.4. The fourth-order valence-electron chi connectivity index (χ4n) is 3.65. The predicted octanol–water partition coefficient (Wildman–Crippen LogP) is 5.06. The van der Waals surface area contributed by atoms with E-state index in [2.05, 4.69) is 38.1 Å². The van der Waals surface area contributed by atoms with Gasteiger partial charge in [-0.3, -0.25) is 4.79 Å². The minimum atomic E-state index is -0.0303. The monoisotopic (exact) mass is 387 g/mol. The lowest BCUT2D eigenvalue weighted by atomic mass is 10.0. The Morgan fingerprint density at radius 1 is 0.966 bits per heavy atom. The Morgan fingerprint density at radius 2 is 1.69 bits per heavy atom. The normalized spacial score (nSPS) is 13.2. The van der Waals surface area contributed by atoms with Crippen LogP contribution in [0.1, 0.15) is 35.2 Å². The van der Waals surface area contributed by atoms with E-state index in [-0.39, 0.29) is 18.7 Å². The summed E-state index contributed by atoms with van der Waals surface area (Å²) in [5.74, 6) is 1.52. The Bertz CT molecular complexity index is 1000. The van der Waals surface area contributed by atoms with E-state index in [0.29, 0.717) is 18.7 Å². The van der Waals surface area contributed by atoms with E-state index in [4.69, 9.17) is 9.47 Å². The Kier molecular flexibility index (Phi) is 5.52. The Hall–Kier alpha value is -3.27. The van der Waals surface area contributed by atoms with E-state index >= 15 is 0 Å². The lowest BCUT2D eigenvalue weighted by Gasteiger charge is -2.30. The van der Waals surface area contributed by atoms with Crippen molar-refractivity contribution in [1.82, 2.24) is 4.90 Å². The molecule has 148 valence electrons. The average molecular weight is 387 g/mol. The van der Waals surface area contributed by atoms with Crippen LogP contribution in [0.3, 0.4) is 0 Å². The van der Waals surface area contributed by atoms with Crippen LogP contribution in [-0.2, 0) is 17.8 Å². The van der Waals surface area contributed by atoms with E-state index in [1.54, 1.807) is 0 Å². The molecule has 4 heteroatoms. The van der Waals surface area contributed by atoms with Crippen molar-refractivity contribution < 1.29 is 14.3 Å². The number of nitrogens with zero attached hydrogens (tertiary/aromatic N) is 1. The van der Waals surface area contributed by atoms with Crippen molar-refractivity contribution in [3.05, 3.63) is 95.1 Å². The third-order valence-electron chi connectivity index (χ3n) is 5.46. The van der Waals surface area contributed by atoms with Gasteiger partial charge in [0, 0.05) is 6.54 Å². The zero-order valence-electron chi connectivity index (χ0n) is 16.8. The highest BCUT2D eigenvalue weighted by Gasteiger charge is 2.23. The maximum absolute atomic E-state index is 13.4. The Morgan fingerprint density at radius 3 is 2.48 bits per heavy atom. The van der Waals surface area contributed by atoms with Crippen molar-refractivity contribution in [2.24, 2.45) is 0 Å². The predicted molar refractivity (Wildman–Crippen MR) is 113 cm³/mol. The third kappa shape index (κ3) is 4.27. The van der Waals surface area contributed by atoms with E-state index in [0.717, 1.165) is 22.4 Å². The zero-order chi connectivity index (χ0) is 20.2. The molecule has 29 heavy (non-hydrogen) atoms. The smallest absolute Gasteiger partial charge is 0.231 e. The molecule has 3 aromatic carbocycles. The van der Waals surface area contributed by atoms with Gasteiger partial charge in [-0.15, -0.1) is 0 Å². The number of hydrogen-bond donors (Lipinski definition) is 0. The van der Waals surface area contributed by atoms with Crippen molar-refractivity contribution in [3.63, 3.8) is 0 Å². The number of fused-ring (bicyclic) bond motifs is 1. The first-order valence-corrected chi connectivity index (χ1v) is 9.89. The highest BCUT2D eigenvalue weighted by molar-refractivity contribution is 5.79. The molecule has 3 aromatic rings.